The van der Waals surface area contributed by atoms with Crippen LogP contribution in [0.4, 0.5) is 0 Å². The fraction of sp³-hybridized carbons (Fsp3) is 0.909. The molecule has 0 radical (unpaired) electrons. The van der Waals surface area contributed by atoms with Crippen LogP contribution in [-0.4, -0.2) is 22.3 Å². The predicted molar refractivity (Wildman–Crippen MR) is 56.2 cm³/mol. The molecule has 0 aliphatic carbocycles. The molecular weight excluding hydrogens is 180 g/mol. The lowest BCUT2D eigenvalue weighted by Crippen LogP contribution is -2.25. The van der Waals surface area contributed by atoms with Crippen LogP contribution < -0.4 is 0 Å². The summed E-state index contributed by atoms with van der Waals surface area (Å²) < 4.78 is 0. The van der Waals surface area contributed by atoms with Gasteiger partial charge in [0, 0.05) is 0 Å². The number of hydrogen-bond donors (Lipinski definition) is 2. The first-order valence-corrected chi connectivity index (χ1v) is 5.50. The topological polar surface area (TPSA) is 57.5 Å². The Bertz CT molecular complexity index is 157. The molecule has 1 unspecified atom stereocenters. The van der Waals surface area contributed by atoms with E-state index in [1.807, 2.05) is 0 Å². The summed E-state index contributed by atoms with van der Waals surface area (Å²) in [5.41, 5.74) is 0. The fourth-order valence-corrected chi connectivity index (χ4v) is 1.37. The highest BCUT2D eigenvalue weighted by Gasteiger charge is 2.20. The van der Waals surface area contributed by atoms with Gasteiger partial charge in [-0.3, -0.25) is 4.79 Å². The number of carbonyl (C=O) groups is 1. The lowest BCUT2D eigenvalue weighted by Gasteiger charge is -2.14. The number of rotatable bonds is 8. The number of carboxylic acids is 1. The van der Waals surface area contributed by atoms with Crippen LogP contribution in [0, 0.1) is 5.92 Å². The molecule has 0 saturated carbocycles. The van der Waals surface area contributed by atoms with Crippen LogP contribution >= 0.6 is 0 Å². The van der Waals surface area contributed by atoms with Gasteiger partial charge in [0.15, 0.2) is 0 Å². The van der Waals surface area contributed by atoms with Gasteiger partial charge in [0.1, 0.15) is 0 Å². The van der Waals surface area contributed by atoms with Crippen LogP contribution in [-0.2, 0) is 4.79 Å². The van der Waals surface area contributed by atoms with Gasteiger partial charge in [0.25, 0.3) is 0 Å². The standard InChI is InChI=1S/C11H22O3/c1-3-4-5-6-7-8-10(12)9(2)11(13)14/h9-10,12H,3-8H2,1-2H3,(H,13,14)/t9?,10-/m0/s1. The molecule has 0 aromatic heterocycles. The first-order chi connectivity index (χ1) is 6.59. The van der Waals surface area contributed by atoms with Crippen LogP contribution in [0.25, 0.3) is 0 Å². The van der Waals surface area contributed by atoms with Crippen molar-refractivity contribution in [3.05, 3.63) is 0 Å². The van der Waals surface area contributed by atoms with E-state index in [9.17, 15) is 9.90 Å². The van der Waals surface area contributed by atoms with Crippen molar-refractivity contribution >= 4 is 5.97 Å². The third-order valence-corrected chi connectivity index (χ3v) is 2.57. The molecule has 0 aromatic rings. The average Bonchev–Trinajstić information content (AvgIpc) is 2.16. The van der Waals surface area contributed by atoms with Gasteiger partial charge in [0.2, 0.25) is 0 Å². The van der Waals surface area contributed by atoms with Crippen LogP contribution in [0.2, 0.25) is 0 Å². The van der Waals surface area contributed by atoms with Crippen LogP contribution in [0.3, 0.4) is 0 Å². The van der Waals surface area contributed by atoms with Crippen LogP contribution in [0.15, 0.2) is 0 Å². The van der Waals surface area contributed by atoms with Gasteiger partial charge < -0.3 is 10.2 Å². The Kier molecular flexibility index (Phi) is 7.48. The number of aliphatic hydroxyl groups excluding tert-OH is 1. The van der Waals surface area contributed by atoms with Gasteiger partial charge in [-0.15, -0.1) is 0 Å². The molecule has 84 valence electrons. The van der Waals surface area contributed by atoms with E-state index in [2.05, 4.69) is 6.92 Å². The highest BCUT2D eigenvalue weighted by atomic mass is 16.4. The fourth-order valence-electron chi connectivity index (χ4n) is 1.37. The second kappa shape index (κ2) is 7.80. The molecular formula is C11H22O3. The van der Waals surface area contributed by atoms with Gasteiger partial charge in [-0.1, -0.05) is 39.0 Å². The maximum atomic E-state index is 10.5. The van der Waals surface area contributed by atoms with E-state index in [4.69, 9.17) is 5.11 Å². The molecule has 2 N–H and O–H groups in total. The minimum Gasteiger partial charge on any atom is -0.481 e. The van der Waals surface area contributed by atoms with Crippen molar-refractivity contribution in [1.82, 2.24) is 0 Å². The summed E-state index contributed by atoms with van der Waals surface area (Å²) in [6.07, 6.45) is 5.56. The maximum Gasteiger partial charge on any atom is 0.308 e. The van der Waals surface area contributed by atoms with Gasteiger partial charge in [-0.2, -0.15) is 0 Å². The number of aliphatic hydroxyl groups is 1. The quantitative estimate of drug-likeness (QED) is 0.594. The summed E-state index contributed by atoms with van der Waals surface area (Å²) in [5.74, 6) is -1.55. The largest absolute Gasteiger partial charge is 0.481 e. The zero-order valence-corrected chi connectivity index (χ0v) is 9.20. The van der Waals surface area contributed by atoms with E-state index in [-0.39, 0.29) is 0 Å². The van der Waals surface area contributed by atoms with Crippen LogP contribution in [0.1, 0.15) is 52.4 Å². The second-order valence-electron chi connectivity index (χ2n) is 3.90. The van der Waals surface area contributed by atoms with Crippen molar-refractivity contribution < 1.29 is 15.0 Å². The van der Waals surface area contributed by atoms with E-state index in [0.29, 0.717) is 6.42 Å². The van der Waals surface area contributed by atoms with Gasteiger partial charge in [-0.05, 0) is 13.3 Å². The van der Waals surface area contributed by atoms with E-state index in [1.165, 1.54) is 19.3 Å². The molecule has 0 aliphatic heterocycles. The summed E-state index contributed by atoms with van der Waals surface area (Å²) >= 11 is 0. The highest BCUT2D eigenvalue weighted by molar-refractivity contribution is 5.70. The minimum atomic E-state index is -0.911. The molecule has 0 rings (SSSR count). The normalized spacial score (nSPS) is 15.1. The second-order valence-corrected chi connectivity index (χ2v) is 3.90. The number of carboxylic acid groups (broad SMARTS) is 1. The Morgan fingerprint density at radius 3 is 2.29 bits per heavy atom. The molecule has 2 atom stereocenters. The third kappa shape index (κ3) is 5.97. The molecule has 3 heteroatoms. The van der Waals surface area contributed by atoms with Crippen molar-refractivity contribution in [1.29, 1.82) is 0 Å². The number of hydrogen-bond acceptors (Lipinski definition) is 2. The molecule has 0 bridgehead atoms. The monoisotopic (exact) mass is 202 g/mol. The molecule has 0 aliphatic rings. The number of unbranched alkanes of at least 4 members (excludes halogenated alkanes) is 4. The Morgan fingerprint density at radius 2 is 1.79 bits per heavy atom. The average molecular weight is 202 g/mol. The molecule has 0 aromatic carbocycles. The van der Waals surface area contributed by atoms with Gasteiger partial charge in [-0.25, -0.2) is 0 Å². The summed E-state index contributed by atoms with van der Waals surface area (Å²) in [7, 11) is 0. The Hall–Kier alpha value is -0.570. The molecule has 0 fully saturated rings. The molecule has 14 heavy (non-hydrogen) atoms. The molecule has 0 saturated heterocycles. The lowest BCUT2D eigenvalue weighted by molar-refractivity contribution is -0.144. The van der Waals surface area contributed by atoms with E-state index in [1.54, 1.807) is 6.92 Å². The van der Waals surface area contributed by atoms with E-state index < -0.39 is 18.0 Å². The van der Waals surface area contributed by atoms with Gasteiger partial charge in [0.05, 0.1) is 12.0 Å². The minimum absolute atomic E-state index is 0.608. The van der Waals surface area contributed by atoms with Gasteiger partial charge >= 0.3 is 5.97 Å². The van der Waals surface area contributed by atoms with E-state index >= 15 is 0 Å². The maximum absolute atomic E-state index is 10.5. The Morgan fingerprint density at radius 1 is 1.21 bits per heavy atom. The van der Waals surface area contributed by atoms with Crippen molar-refractivity contribution in [2.45, 2.75) is 58.5 Å². The zero-order valence-electron chi connectivity index (χ0n) is 9.20. The first-order valence-electron chi connectivity index (χ1n) is 5.50. The Balaban J connectivity index is 3.43. The smallest absolute Gasteiger partial charge is 0.308 e. The summed E-state index contributed by atoms with van der Waals surface area (Å²) in [6, 6.07) is 0. The zero-order chi connectivity index (χ0) is 11.0. The van der Waals surface area contributed by atoms with Crippen LogP contribution in [0.5, 0.6) is 0 Å². The molecule has 0 heterocycles. The van der Waals surface area contributed by atoms with E-state index in [0.717, 1.165) is 12.8 Å². The van der Waals surface area contributed by atoms with Crippen molar-refractivity contribution in [3.8, 4) is 0 Å². The lowest BCUT2D eigenvalue weighted by atomic mass is 9.99. The summed E-state index contributed by atoms with van der Waals surface area (Å²) in [4.78, 5) is 10.5. The first kappa shape index (κ1) is 13.4. The third-order valence-electron chi connectivity index (χ3n) is 2.57. The molecule has 0 spiro atoms. The van der Waals surface area contributed by atoms with Crippen molar-refractivity contribution in [3.63, 3.8) is 0 Å². The Labute approximate surface area is 86.1 Å². The number of aliphatic carboxylic acids is 1. The summed E-state index contributed by atoms with van der Waals surface area (Å²) in [5, 5.41) is 18.1. The summed E-state index contributed by atoms with van der Waals surface area (Å²) in [6.45, 7) is 3.71. The predicted octanol–water partition coefficient (Wildman–Crippen LogP) is 2.43. The SMILES string of the molecule is CCCCCCC[C@H](O)C(C)C(=O)O. The molecule has 0 amide bonds. The molecule has 3 nitrogen and oxygen atoms in total. The van der Waals surface area contributed by atoms with Crippen molar-refractivity contribution in [2.75, 3.05) is 0 Å². The highest BCUT2D eigenvalue weighted by Crippen LogP contribution is 2.12. The van der Waals surface area contributed by atoms with Crippen molar-refractivity contribution in [2.24, 2.45) is 5.92 Å².